The maximum Gasteiger partial charge on any atom is 0.339 e. The molecule has 1 N–H and O–H groups in total. The number of nitrogens with one attached hydrogen (secondary N) is 1. The molecular weight excluding hydrogens is 436 g/mol. The first-order chi connectivity index (χ1) is 16.6. The predicted molar refractivity (Wildman–Crippen MR) is 123 cm³/mol. The number of amides is 1. The maximum absolute atomic E-state index is 12.4. The lowest BCUT2D eigenvalue weighted by Crippen LogP contribution is -2.34. The zero-order valence-electron chi connectivity index (χ0n) is 18.7. The molecule has 34 heavy (non-hydrogen) atoms. The van der Waals surface area contributed by atoms with Crippen LogP contribution in [0.15, 0.2) is 54.7 Å². The second-order valence-corrected chi connectivity index (χ2v) is 8.15. The van der Waals surface area contributed by atoms with Crippen molar-refractivity contribution in [2.45, 2.75) is 25.4 Å². The number of carbonyl (C=O) groups is 2. The van der Waals surface area contributed by atoms with E-state index in [-0.39, 0.29) is 18.8 Å². The van der Waals surface area contributed by atoms with Gasteiger partial charge in [-0.05, 0) is 47.9 Å². The molecule has 3 heterocycles. The predicted octanol–water partition coefficient (Wildman–Crippen LogP) is 3.32. The number of rotatable bonds is 7. The van der Waals surface area contributed by atoms with E-state index in [0.717, 1.165) is 33.9 Å². The molecule has 2 aliphatic heterocycles. The fourth-order valence-electron chi connectivity index (χ4n) is 4.12. The number of aryl methyl sites for hydroxylation is 1. The molecule has 0 radical (unpaired) electrons. The number of carbonyl (C=O) groups excluding carboxylic acids is 2. The fraction of sp³-hybridized carbons (Fsp3) is 0.269. The third-order valence-corrected chi connectivity index (χ3v) is 5.89. The molecule has 8 heteroatoms. The van der Waals surface area contributed by atoms with Gasteiger partial charge in [-0.25, -0.2) is 4.79 Å². The van der Waals surface area contributed by atoms with Crippen LogP contribution in [-0.4, -0.2) is 43.4 Å². The summed E-state index contributed by atoms with van der Waals surface area (Å²) in [7, 11) is 1.34. The minimum absolute atomic E-state index is 0.0301. The van der Waals surface area contributed by atoms with Gasteiger partial charge >= 0.3 is 5.97 Å². The molecule has 0 unspecified atom stereocenters. The summed E-state index contributed by atoms with van der Waals surface area (Å²) >= 11 is 0. The van der Waals surface area contributed by atoms with E-state index in [4.69, 9.17) is 18.9 Å². The van der Waals surface area contributed by atoms with Crippen molar-refractivity contribution in [3.63, 3.8) is 0 Å². The van der Waals surface area contributed by atoms with Crippen LogP contribution in [0.1, 0.15) is 27.9 Å². The van der Waals surface area contributed by atoms with Gasteiger partial charge in [-0.2, -0.15) is 0 Å². The van der Waals surface area contributed by atoms with E-state index in [1.165, 1.54) is 13.3 Å². The Labute approximate surface area is 196 Å². The molecular formula is C26H24N2O6. The van der Waals surface area contributed by atoms with E-state index in [1.807, 2.05) is 36.4 Å². The number of pyridine rings is 1. The van der Waals surface area contributed by atoms with Crippen molar-refractivity contribution in [3.05, 3.63) is 71.4 Å². The second kappa shape index (κ2) is 9.43. The molecule has 5 rings (SSSR count). The molecule has 3 aromatic rings. The monoisotopic (exact) mass is 460 g/mol. The molecule has 174 valence electrons. The van der Waals surface area contributed by atoms with E-state index in [2.05, 4.69) is 10.3 Å². The van der Waals surface area contributed by atoms with Gasteiger partial charge in [0.25, 0.3) is 0 Å². The van der Waals surface area contributed by atoms with Crippen LogP contribution in [0.3, 0.4) is 0 Å². The number of esters is 1. The molecule has 2 aliphatic rings. The first kappa shape index (κ1) is 21.8. The van der Waals surface area contributed by atoms with Gasteiger partial charge in [0.15, 0.2) is 11.5 Å². The summed E-state index contributed by atoms with van der Waals surface area (Å²) in [6.45, 7) is 0.655. The zero-order chi connectivity index (χ0) is 23.5. The number of benzene rings is 2. The normalized spacial score (nSPS) is 15.4. The quantitative estimate of drug-likeness (QED) is 0.541. The highest BCUT2D eigenvalue weighted by Crippen LogP contribution is 2.38. The number of hydrogen-bond acceptors (Lipinski definition) is 7. The number of fused-ring (bicyclic) bond motifs is 2. The van der Waals surface area contributed by atoms with Gasteiger partial charge < -0.3 is 24.3 Å². The summed E-state index contributed by atoms with van der Waals surface area (Å²) in [5.41, 5.74) is 4.04. The lowest BCUT2D eigenvalue weighted by molar-refractivity contribution is -0.121. The summed E-state index contributed by atoms with van der Waals surface area (Å²) in [5.74, 6) is 1.77. The van der Waals surface area contributed by atoms with Gasteiger partial charge in [-0.1, -0.05) is 18.2 Å². The SMILES string of the molecule is COC(=O)c1ccc(-c2cccc3c2O[C@@H](CNC(=O)CCc2ccc4c(c2)OCO4)C3)nc1. The number of aromatic nitrogens is 1. The number of para-hydroxylation sites is 1. The Morgan fingerprint density at radius 1 is 1.12 bits per heavy atom. The highest BCUT2D eigenvalue weighted by molar-refractivity contribution is 5.89. The van der Waals surface area contributed by atoms with Crippen molar-refractivity contribution < 1.29 is 28.5 Å². The topological polar surface area (TPSA) is 96.0 Å². The summed E-state index contributed by atoms with van der Waals surface area (Å²) in [6.07, 6.45) is 3.03. The fourth-order valence-corrected chi connectivity index (χ4v) is 4.12. The minimum Gasteiger partial charge on any atom is -0.487 e. The summed E-state index contributed by atoms with van der Waals surface area (Å²) in [6, 6.07) is 15.1. The molecule has 8 nitrogen and oxygen atoms in total. The molecule has 0 aliphatic carbocycles. The van der Waals surface area contributed by atoms with Crippen LogP contribution >= 0.6 is 0 Å². The third kappa shape index (κ3) is 4.52. The smallest absolute Gasteiger partial charge is 0.339 e. The number of hydrogen-bond donors (Lipinski definition) is 1. The van der Waals surface area contributed by atoms with Gasteiger partial charge in [-0.15, -0.1) is 0 Å². The average Bonchev–Trinajstić information content (AvgIpc) is 3.52. The van der Waals surface area contributed by atoms with Crippen molar-refractivity contribution in [3.8, 4) is 28.5 Å². The van der Waals surface area contributed by atoms with Gasteiger partial charge in [-0.3, -0.25) is 9.78 Å². The Kier molecular flexibility index (Phi) is 6.03. The van der Waals surface area contributed by atoms with Crippen LogP contribution in [0.25, 0.3) is 11.3 Å². The van der Waals surface area contributed by atoms with Crippen molar-refractivity contribution in [2.75, 3.05) is 20.4 Å². The van der Waals surface area contributed by atoms with Crippen molar-refractivity contribution in [1.82, 2.24) is 10.3 Å². The molecule has 1 amide bonds. The average molecular weight is 460 g/mol. The second-order valence-electron chi connectivity index (χ2n) is 8.15. The molecule has 2 aromatic carbocycles. The molecule has 0 fully saturated rings. The van der Waals surface area contributed by atoms with Crippen molar-refractivity contribution in [1.29, 1.82) is 0 Å². The highest BCUT2D eigenvalue weighted by Gasteiger charge is 2.26. The lowest BCUT2D eigenvalue weighted by atomic mass is 10.0. The van der Waals surface area contributed by atoms with E-state index >= 15 is 0 Å². The zero-order valence-corrected chi connectivity index (χ0v) is 18.7. The summed E-state index contributed by atoms with van der Waals surface area (Å²) in [4.78, 5) is 28.5. The van der Waals surface area contributed by atoms with Crippen LogP contribution in [0.5, 0.6) is 17.2 Å². The Hall–Kier alpha value is -4.07. The Bertz CT molecular complexity index is 1220. The minimum atomic E-state index is -0.428. The molecule has 1 atom stereocenters. The number of methoxy groups -OCH3 is 1. The standard InChI is InChI=1S/C26H24N2O6/c1-31-26(30)18-7-8-21(27-13-18)20-4-2-3-17-12-19(34-25(17)20)14-28-24(29)10-6-16-5-9-22-23(11-16)33-15-32-22/h2-5,7-9,11,13,19H,6,10,12,14-15H2,1H3,(H,28,29)/t19-/m1/s1. The van der Waals surface area contributed by atoms with Crippen molar-refractivity contribution in [2.24, 2.45) is 0 Å². The molecule has 0 spiro atoms. The maximum atomic E-state index is 12.4. The van der Waals surface area contributed by atoms with Crippen LogP contribution in [0.4, 0.5) is 0 Å². The van der Waals surface area contributed by atoms with Crippen molar-refractivity contribution >= 4 is 11.9 Å². The summed E-state index contributed by atoms with van der Waals surface area (Å²) < 4.78 is 21.6. The Morgan fingerprint density at radius 2 is 2.00 bits per heavy atom. The van der Waals surface area contributed by atoms with Crippen LogP contribution < -0.4 is 19.5 Å². The van der Waals surface area contributed by atoms with E-state index in [9.17, 15) is 9.59 Å². The van der Waals surface area contributed by atoms with Gasteiger partial charge in [0, 0.05) is 24.6 Å². The van der Waals surface area contributed by atoms with E-state index in [1.54, 1.807) is 12.1 Å². The first-order valence-corrected chi connectivity index (χ1v) is 11.1. The largest absolute Gasteiger partial charge is 0.487 e. The van der Waals surface area contributed by atoms with Crippen LogP contribution in [0, 0.1) is 0 Å². The highest BCUT2D eigenvalue weighted by atomic mass is 16.7. The Balaban J connectivity index is 1.16. The summed E-state index contributed by atoms with van der Waals surface area (Å²) in [5, 5.41) is 2.98. The first-order valence-electron chi connectivity index (χ1n) is 11.1. The molecule has 0 saturated carbocycles. The molecule has 1 aromatic heterocycles. The Morgan fingerprint density at radius 3 is 2.82 bits per heavy atom. The molecule has 0 bridgehead atoms. The van der Waals surface area contributed by atoms with Crippen LogP contribution in [-0.2, 0) is 22.4 Å². The molecule has 0 saturated heterocycles. The third-order valence-electron chi connectivity index (χ3n) is 5.89. The van der Waals surface area contributed by atoms with Gasteiger partial charge in [0.2, 0.25) is 12.7 Å². The van der Waals surface area contributed by atoms with Crippen LogP contribution in [0.2, 0.25) is 0 Å². The van der Waals surface area contributed by atoms with E-state index < -0.39 is 5.97 Å². The van der Waals surface area contributed by atoms with Gasteiger partial charge in [0.05, 0.1) is 24.9 Å². The number of ether oxygens (including phenoxy) is 4. The van der Waals surface area contributed by atoms with Gasteiger partial charge in [0.1, 0.15) is 11.9 Å². The lowest BCUT2D eigenvalue weighted by Gasteiger charge is -2.13. The number of nitrogens with zero attached hydrogens (tertiary/aromatic N) is 1. The van der Waals surface area contributed by atoms with E-state index in [0.29, 0.717) is 37.1 Å².